The minimum Gasteiger partial charge on any atom is -0.493 e. The molecule has 0 aliphatic rings. The maximum atomic E-state index is 6.47. The largest absolute Gasteiger partial charge is 0.493 e. The summed E-state index contributed by atoms with van der Waals surface area (Å²) in [6.07, 6.45) is 23.8. The fourth-order valence-electron chi connectivity index (χ4n) is 4.81. The maximum absolute atomic E-state index is 6.47. The Hall–Kier alpha value is -1.34. The normalized spacial score (nSPS) is 11.8. The smallest absolute Gasteiger partial charge is 0.127 e. The third-order valence-electron chi connectivity index (χ3n) is 7.33. The Balaban J connectivity index is 1.86. The lowest BCUT2D eigenvalue weighted by atomic mass is 10.1. The van der Waals surface area contributed by atoms with Gasteiger partial charge in [-0.25, -0.2) is 0 Å². The first-order valence-electron chi connectivity index (χ1n) is 15.7. The SMILES string of the molecule is CCCCCCCCOc1cc(/C=C/c2sc(Br)cc2C)c(OCCCCCCCC)cc1/C=C/c1sc(Br)cc1C. The summed E-state index contributed by atoms with van der Waals surface area (Å²) < 4.78 is 15.2. The van der Waals surface area contributed by atoms with Crippen LogP contribution >= 0.6 is 54.5 Å². The van der Waals surface area contributed by atoms with Crippen molar-refractivity contribution in [2.75, 3.05) is 13.2 Å². The minimum atomic E-state index is 0.731. The number of hydrogen-bond acceptors (Lipinski definition) is 4. The topological polar surface area (TPSA) is 18.5 Å². The van der Waals surface area contributed by atoms with Crippen molar-refractivity contribution in [3.05, 3.63) is 63.8 Å². The molecule has 0 amide bonds. The molecule has 6 heteroatoms. The second-order valence-electron chi connectivity index (χ2n) is 11.0. The Morgan fingerprint density at radius 1 is 0.548 bits per heavy atom. The summed E-state index contributed by atoms with van der Waals surface area (Å²) in [7, 11) is 0. The summed E-state index contributed by atoms with van der Waals surface area (Å²) in [5, 5.41) is 0. The van der Waals surface area contributed by atoms with Crippen LogP contribution in [0.2, 0.25) is 0 Å². The van der Waals surface area contributed by atoms with Crippen LogP contribution < -0.4 is 9.47 Å². The van der Waals surface area contributed by atoms with Gasteiger partial charge in [0.05, 0.1) is 20.8 Å². The van der Waals surface area contributed by atoms with E-state index in [1.165, 1.54) is 85.1 Å². The van der Waals surface area contributed by atoms with Gasteiger partial charge in [-0.05, 0) is 118 Å². The highest BCUT2D eigenvalue weighted by Gasteiger charge is 2.12. The molecule has 0 saturated carbocycles. The molecule has 42 heavy (non-hydrogen) atoms. The number of ether oxygens (including phenoxy) is 2. The Morgan fingerprint density at radius 3 is 1.29 bits per heavy atom. The molecule has 0 saturated heterocycles. The molecule has 2 aromatic heterocycles. The van der Waals surface area contributed by atoms with Crippen LogP contribution in [0.5, 0.6) is 11.5 Å². The summed E-state index contributed by atoms with van der Waals surface area (Å²) in [5.74, 6) is 1.84. The van der Waals surface area contributed by atoms with Crippen molar-refractivity contribution < 1.29 is 9.47 Å². The molecule has 0 spiro atoms. The van der Waals surface area contributed by atoms with Gasteiger partial charge in [-0.3, -0.25) is 0 Å². The molecule has 0 aliphatic heterocycles. The highest BCUT2D eigenvalue weighted by atomic mass is 79.9. The fraction of sp³-hybridized carbons (Fsp3) is 0.500. The second kappa shape index (κ2) is 19.8. The third kappa shape index (κ3) is 12.3. The van der Waals surface area contributed by atoms with Crippen molar-refractivity contribution in [2.45, 2.75) is 105 Å². The molecular formula is C36H48Br2O2S2. The highest BCUT2D eigenvalue weighted by molar-refractivity contribution is 9.11. The van der Waals surface area contributed by atoms with E-state index in [0.29, 0.717) is 0 Å². The van der Waals surface area contributed by atoms with E-state index in [9.17, 15) is 0 Å². The summed E-state index contributed by atoms with van der Waals surface area (Å²) >= 11 is 10.8. The predicted octanol–water partition coefficient (Wildman–Crippen LogP) is 13.8. The van der Waals surface area contributed by atoms with Crippen LogP contribution in [0.25, 0.3) is 24.3 Å². The molecule has 2 heterocycles. The summed E-state index contributed by atoms with van der Waals surface area (Å²) in [4.78, 5) is 2.50. The van der Waals surface area contributed by atoms with Crippen LogP contribution in [0.4, 0.5) is 0 Å². The maximum Gasteiger partial charge on any atom is 0.127 e. The lowest BCUT2D eigenvalue weighted by molar-refractivity contribution is 0.295. The number of unbranched alkanes of at least 4 members (excludes halogenated alkanes) is 10. The van der Waals surface area contributed by atoms with Gasteiger partial charge in [0, 0.05) is 20.9 Å². The molecular weight excluding hydrogens is 688 g/mol. The monoisotopic (exact) mass is 734 g/mol. The van der Waals surface area contributed by atoms with Gasteiger partial charge in [0.1, 0.15) is 11.5 Å². The van der Waals surface area contributed by atoms with Gasteiger partial charge >= 0.3 is 0 Å². The molecule has 0 radical (unpaired) electrons. The van der Waals surface area contributed by atoms with Crippen molar-refractivity contribution >= 4 is 78.8 Å². The van der Waals surface area contributed by atoms with Crippen LogP contribution in [-0.2, 0) is 0 Å². The predicted molar refractivity (Wildman–Crippen MR) is 196 cm³/mol. The van der Waals surface area contributed by atoms with Crippen LogP contribution in [-0.4, -0.2) is 13.2 Å². The van der Waals surface area contributed by atoms with E-state index in [1.807, 2.05) is 0 Å². The van der Waals surface area contributed by atoms with E-state index in [1.54, 1.807) is 22.7 Å². The molecule has 3 rings (SSSR count). The zero-order valence-corrected chi connectivity index (χ0v) is 30.7. The Kier molecular flexibility index (Phi) is 16.6. The highest BCUT2D eigenvalue weighted by Crippen LogP contribution is 2.35. The van der Waals surface area contributed by atoms with Crippen molar-refractivity contribution in [1.29, 1.82) is 0 Å². The van der Waals surface area contributed by atoms with Crippen molar-refractivity contribution in [3.63, 3.8) is 0 Å². The first-order valence-corrected chi connectivity index (χ1v) is 18.9. The van der Waals surface area contributed by atoms with Crippen molar-refractivity contribution in [2.24, 2.45) is 0 Å². The number of thiophene rings is 2. The van der Waals surface area contributed by atoms with E-state index in [-0.39, 0.29) is 0 Å². The van der Waals surface area contributed by atoms with Crippen LogP contribution in [0.1, 0.15) is 123 Å². The van der Waals surface area contributed by atoms with Gasteiger partial charge in [-0.1, -0.05) is 78.1 Å². The number of benzene rings is 1. The first kappa shape index (κ1) is 35.1. The molecule has 0 unspecified atom stereocenters. The first-order chi connectivity index (χ1) is 20.4. The van der Waals surface area contributed by atoms with E-state index >= 15 is 0 Å². The van der Waals surface area contributed by atoms with Gasteiger partial charge in [-0.2, -0.15) is 0 Å². The van der Waals surface area contributed by atoms with Crippen LogP contribution in [0, 0.1) is 13.8 Å². The molecule has 3 aromatic rings. The molecule has 0 bridgehead atoms. The van der Waals surface area contributed by atoms with E-state index in [2.05, 4.69) is 108 Å². The average molecular weight is 737 g/mol. The average Bonchev–Trinajstić information content (AvgIpc) is 3.47. The lowest BCUT2D eigenvalue weighted by Crippen LogP contribution is -2.03. The molecule has 230 valence electrons. The summed E-state index contributed by atoms with van der Waals surface area (Å²) in [6, 6.07) is 8.71. The van der Waals surface area contributed by atoms with Gasteiger partial charge in [0.15, 0.2) is 0 Å². The second-order valence-corrected chi connectivity index (χ2v) is 15.9. The number of aryl methyl sites for hydroxylation is 2. The summed E-state index contributed by atoms with van der Waals surface area (Å²) in [5.41, 5.74) is 4.67. The quantitative estimate of drug-likeness (QED) is 0.108. The zero-order valence-electron chi connectivity index (χ0n) is 25.9. The van der Waals surface area contributed by atoms with Gasteiger partial charge < -0.3 is 9.47 Å². The molecule has 2 nitrogen and oxygen atoms in total. The fourth-order valence-corrected chi connectivity index (χ4v) is 8.14. The number of hydrogen-bond donors (Lipinski definition) is 0. The Morgan fingerprint density at radius 2 is 0.929 bits per heavy atom. The third-order valence-corrected chi connectivity index (χ3v) is 10.7. The van der Waals surface area contributed by atoms with E-state index < -0.39 is 0 Å². The number of rotatable bonds is 20. The zero-order chi connectivity index (χ0) is 30.2. The molecule has 0 atom stereocenters. The van der Waals surface area contributed by atoms with Gasteiger partial charge in [0.25, 0.3) is 0 Å². The van der Waals surface area contributed by atoms with Crippen LogP contribution in [0.3, 0.4) is 0 Å². The van der Waals surface area contributed by atoms with E-state index in [0.717, 1.165) is 56.3 Å². The standard InChI is InChI=1S/C36H48Br2O2S2/c1-5-7-9-11-13-15-21-39-31-25-30(18-20-34-28(4)24-36(38)42-34)32(40-22-16-14-12-10-8-6-2)26-29(31)17-19-33-27(3)23-35(37)41-33/h17-20,23-26H,5-16,21-22H2,1-4H3/b19-17+,20-18+. The Bertz CT molecular complexity index is 1170. The summed E-state index contributed by atoms with van der Waals surface area (Å²) in [6.45, 7) is 10.3. The van der Waals surface area contributed by atoms with Crippen molar-refractivity contribution in [3.8, 4) is 11.5 Å². The van der Waals surface area contributed by atoms with Gasteiger partial charge in [0.2, 0.25) is 0 Å². The molecule has 0 N–H and O–H groups in total. The molecule has 1 aromatic carbocycles. The minimum absolute atomic E-state index is 0.731. The van der Waals surface area contributed by atoms with E-state index in [4.69, 9.17) is 9.47 Å². The van der Waals surface area contributed by atoms with Gasteiger partial charge in [-0.15, -0.1) is 22.7 Å². The van der Waals surface area contributed by atoms with Crippen LogP contribution in [0.15, 0.2) is 31.8 Å². The molecule has 0 fully saturated rings. The Labute approximate surface area is 279 Å². The van der Waals surface area contributed by atoms with Crippen molar-refractivity contribution in [1.82, 2.24) is 0 Å². The number of halogens is 2. The lowest BCUT2D eigenvalue weighted by Gasteiger charge is -2.15. The molecule has 0 aliphatic carbocycles.